The van der Waals surface area contributed by atoms with Crippen molar-refractivity contribution >= 4 is 34.4 Å². The molecule has 1 aromatic carbocycles. The molecule has 1 aliphatic heterocycles. The van der Waals surface area contributed by atoms with Gasteiger partial charge in [0.25, 0.3) is 5.56 Å². The molecule has 0 amide bonds. The molecule has 2 unspecified atom stereocenters. The lowest BCUT2D eigenvalue weighted by atomic mass is 10.1. The van der Waals surface area contributed by atoms with Crippen molar-refractivity contribution in [2.75, 3.05) is 13.7 Å². The molecule has 1 aliphatic rings. The number of aliphatic hydroxyl groups is 2. The minimum atomic E-state index is -5.80. The van der Waals surface area contributed by atoms with Crippen LogP contribution in [0.2, 0.25) is 0 Å². The highest BCUT2D eigenvalue weighted by Gasteiger charge is 2.47. The number of rotatable bonds is 11. The number of fused-ring (bicyclic) bond motifs is 1. The van der Waals surface area contributed by atoms with Crippen LogP contribution in [-0.2, 0) is 38.1 Å². The Morgan fingerprint density at radius 2 is 1.71 bits per heavy atom. The SMILES string of the molecule is COc1cccc2onc(Cn3c(=O)ccn([C@@H]4O[C@H](COP(=O)(O)OP(=O)(O)OP(=O)(O)O)[C@H](O)[C@@H]4O)c3=O)c12. The van der Waals surface area contributed by atoms with Crippen LogP contribution in [0.5, 0.6) is 5.75 Å². The maximum Gasteiger partial charge on any atom is 0.490 e. The van der Waals surface area contributed by atoms with E-state index in [1.165, 1.54) is 7.11 Å². The first kappa shape index (κ1) is 31.4. The highest BCUT2D eigenvalue weighted by Crippen LogP contribution is 2.66. The summed E-state index contributed by atoms with van der Waals surface area (Å²) in [6, 6.07) is 5.81. The lowest BCUT2D eigenvalue weighted by molar-refractivity contribution is -0.0547. The number of phosphoric acid groups is 3. The van der Waals surface area contributed by atoms with Gasteiger partial charge in [-0.1, -0.05) is 11.2 Å². The van der Waals surface area contributed by atoms with Crippen LogP contribution in [0.4, 0.5) is 0 Å². The number of ether oxygens (including phenoxy) is 2. The summed E-state index contributed by atoms with van der Waals surface area (Å²) in [4.78, 5) is 61.8. The smallest absolute Gasteiger partial charge is 0.490 e. The molecule has 20 nitrogen and oxygen atoms in total. The third kappa shape index (κ3) is 7.10. The molecule has 0 saturated carbocycles. The number of benzene rings is 1. The van der Waals surface area contributed by atoms with E-state index in [-0.39, 0.29) is 5.69 Å². The Balaban J connectivity index is 1.53. The molecule has 23 heteroatoms. The van der Waals surface area contributed by atoms with Crippen molar-refractivity contribution in [3.63, 3.8) is 0 Å². The second-order valence-corrected chi connectivity index (χ2v) is 12.7. The predicted octanol–water partition coefficient (Wildman–Crippen LogP) is -0.829. The average molecular weight is 645 g/mol. The lowest BCUT2D eigenvalue weighted by Gasteiger charge is -2.19. The number of phosphoric ester groups is 1. The van der Waals surface area contributed by atoms with Gasteiger partial charge in [0, 0.05) is 12.3 Å². The first-order valence-corrected chi connectivity index (χ1v) is 15.6. The number of methoxy groups -OCH3 is 1. The maximum atomic E-state index is 13.2. The Morgan fingerprint density at radius 3 is 2.37 bits per heavy atom. The van der Waals surface area contributed by atoms with E-state index in [0.717, 1.165) is 21.4 Å². The molecule has 0 aliphatic carbocycles. The highest BCUT2D eigenvalue weighted by molar-refractivity contribution is 7.66. The predicted molar refractivity (Wildman–Crippen MR) is 130 cm³/mol. The van der Waals surface area contributed by atoms with E-state index in [1.54, 1.807) is 18.2 Å². The van der Waals surface area contributed by atoms with Crippen molar-refractivity contribution in [2.24, 2.45) is 0 Å². The number of nitrogens with zero attached hydrogens (tertiary/aromatic N) is 3. The van der Waals surface area contributed by atoms with Gasteiger partial charge in [-0.25, -0.2) is 18.5 Å². The van der Waals surface area contributed by atoms with Crippen LogP contribution >= 0.6 is 23.5 Å². The summed E-state index contributed by atoms with van der Waals surface area (Å²) in [5.74, 6) is 0.361. The highest BCUT2D eigenvalue weighted by atomic mass is 31.3. The fourth-order valence-electron chi connectivity index (χ4n) is 3.89. The fraction of sp³-hybridized carbons (Fsp3) is 0.389. The molecular weight excluding hydrogens is 623 g/mol. The normalized spacial score (nSPS) is 24.3. The number of hydrogen-bond acceptors (Lipinski definition) is 14. The molecular formula is C18H22N3O17P3. The summed E-state index contributed by atoms with van der Waals surface area (Å²) in [6.45, 7) is -1.50. The number of aromatic nitrogens is 3. The van der Waals surface area contributed by atoms with E-state index in [2.05, 4.69) is 18.3 Å². The topological polar surface area (TPSA) is 289 Å². The first-order chi connectivity index (χ1) is 19.0. The summed E-state index contributed by atoms with van der Waals surface area (Å²) in [5.41, 5.74) is -1.31. The van der Waals surface area contributed by atoms with Crippen LogP contribution in [0.15, 0.2) is 44.6 Å². The van der Waals surface area contributed by atoms with Gasteiger partial charge in [0.05, 0.1) is 25.6 Å². The second-order valence-electron chi connectivity index (χ2n) is 8.33. The lowest BCUT2D eigenvalue weighted by Crippen LogP contribution is -2.43. The molecule has 226 valence electrons. The van der Waals surface area contributed by atoms with Crippen molar-refractivity contribution in [3.05, 3.63) is 57.0 Å². The standard InChI is InChI=1S/C18H22N3O17P3/c1-33-10-3-2-4-11-14(10)9(19-36-11)7-21-13(22)5-6-20(18(21)25)17-16(24)15(23)12(35-17)8-34-40(29,30)38-41(31,32)37-39(26,27)28/h2-6,12,15-17,23-24H,7-8H2,1H3,(H,29,30)(H,31,32)(H2,26,27,28)/t12-,15+,16+,17-/m1/s1. The molecule has 1 fully saturated rings. The van der Waals surface area contributed by atoms with Gasteiger partial charge in [-0.05, 0) is 12.1 Å². The summed E-state index contributed by atoms with van der Waals surface area (Å²) in [5, 5.41) is 25.1. The van der Waals surface area contributed by atoms with Crippen molar-refractivity contribution in [3.8, 4) is 5.75 Å². The van der Waals surface area contributed by atoms with Crippen molar-refractivity contribution in [1.29, 1.82) is 0 Å². The zero-order valence-corrected chi connectivity index (χ0v) is 23.2. The number of hydrogen-bond donors (Lipinski definition) is 6. The fourth-order valence-corrected chi connectivity index (χ4v) is 6.92. The molecule has 6 N–H and O–H groups in total. The Bertz CT molecular complexity index is 1690. The largest absolute Gasteiger partial charge is 0.496 e. The van der Waals surface area contributed by atoms with Gasteiger partial charge < -0.3 is 43.8 Å². The van der Waals surface area contributed by atoms with Gasteiger partial charge in [-0.3, -0.25) is 18.5 Å². The van der Waals surface area contributed by atoms with Crippen molar-refractivity contribution in [1.82, 2.24) is 14.3 Å². The molecule has 0 bridgehead atoms. The van der Waals surface area contributed by atoms with Crippen LogP contribution in [-0.4, -0.2) is 76.1 Å². The van der Waals surface area contributed by atoms with E-state index in [4.69, 9.17) is 23.8 Å². The Labute approximate surface area is 227 Å². The van der Waals surface area contributed by atoms with Gasteiger partial charge in [0.15, 0.2) is 11.8 Å². The van der Waals surface area contributed by atoms with E-state index >= 15 is 0 Å². The summed E-state index contributed by atoms with van der Waals surface area (Å²) in [6.07, 6.45) is -6.09. The molecule has 1 saturated heterocycles. The maximum absolute atomic E-state index is 13.2. The minimum Gasteiger partial charge on any atom is -0.496 e. The monoisotopic (exact) mass is 645 g/mol. The molecule has 3 aromatic rings. The van der Waals surface area contributed by atoms with Crippen LogP contribution in [0.1, 0.15) is 11.9 Å². The van der Waals surface area contributed by atoms with E-state index in [1.807, 2.05) is 0 Å². The van der Waals surface area contributed by atoms with Crippen LogP contribution < -0.4 is 16.0 Å². The molecule has 0 radical (unpaired) electrons. The van der Waals surface area contributed by atoms with E-state index < -0.39 is 72.4 Å². The quantitative estimate of drug-likeness (QED) is 0.139. The first-order valence-electron chi connectivity index (χ1n) is 11.0. The van der Waals surface area contributed by atoms with E-state index in [9.17, 15) is 43.3 Å². The molecule has 6 atom stereocenters. The van der Waals surface area contributed by atoms with Crippen LogP contribution in [0, 0.1) is 0 Å². The van der Waals surface area contributed by atoms with Crippen molar-refractivity contribution in [2.45, 2.75) is 31.1 Å². The van der Waals surface area contributed by atoms with Gasteiger partial charge in [0.2, 0.25) is 0 Å². The Morgan fingerprint density at radius 1 is 1.00 bits per heavy atom. The average Bonchev–Trinajstić information content (AvgIpc) is 3.39. The summed E-state index contributed by atoms with van der Waals surface area (Å²) >= 11 is 0. The van der Waals surface area contributed by atoms with Crippen LogP contribution in [0.3, 0.4) is 0 Å². The number of aliphatic hydroxyl groups excluding tert-OH is 2. The Hall–Kier alpha value is -2.54. The second kappa shape index (κ2) is 11.6. The van der Waals surface area contributed by atoms with Gasteiger partial charge >= 0.3 is 29.2 Å². The molecule has 4 rings (SSSR count). The van der Waals surface area contributed by atoms with Crippen LogP contribution in [0.25, 0.3) is 11.0 Å². The summed E-state index contributed by atoms with van der Waals surface area (Å²) in [7, 11) is -15.6. The van der Waals surface area contributed by atoms with Crippen molar-refractivity contribution < 1.29 is 70.6 Å². The molecule has 41 heavy (non-hydrogen) atoms. The third-order valence-corrected chi connectivity index (χ3v) is 9.39. The third-order valence-electron chi connectivity index (χ3n) is 5.58. The zero-order chi connectivity index (χ0) is 30.3. The van der Waals surface area contributed by atoms with E-state index in [0.29, 0.717) is 16.7 Å². The van der Waals surface area contributed by atoms with Gasteiger partial charge in [-0.15, -0.1) is 0 Å². The van der Waals surface area contributed by atoms with Gasteiger partial charge in [-0.2, -0.15) is 8.62 Å². The minimum absolute atomic E-state index is 0.163. The molecule has 2 aromatic heterocycles. The zero-order valence-electron chi connectivity index (χ0n) is 20.5. The molecule has 0 spiro atoms. The van der Waals surface area contributed by atoms with Gasteiger partial charge in [0.1, 0.15) is 29.8 Å². The Kier molecular flexibility index (Phi) is 8.90. The molecule has 3 heterocycles. The summed E-state index contributed by atoms with van der Waals surface area (Å²) < 4.78 is 63.1.